The summed E-state index contributed by atoms with van der Waals surface area (Å²) in [7, 11) is 0. The second-order valence-corrected chi connectivity index (χ2v) is 8.77. The van der Waals surface area contributed by atoms with Crippen molar-refractivity contribution >= 4 is 17.7 Å². The Kier molecular flexibility index (Phi) is 6.40. The molecule has 0 unspecified atom stereocenters. The van der Waals surface area contributed by atoms with Gasteiger partial charge in [-0.1, -0.05) is 37.3 Å². The zero-order valence-electron chi connectivity index (χ0n) is 16.6. The van der Waals surface area contributed by atoms with E-state index in [-0.39, 0.29) is 11.7 Å². The van der Waals surface area contributed by atoms with Crippen LogP contribution in [0, 0.1) is 11.7 Å². The van der Waals surface area contributed by atoms with Gasteiger partial charge < -0.3 is 14.4 Å². The topological polar surface area (TPSA) is 38.8 Å². The van der Waals surface area contributed by atoms with Crippen molar-refractivity contribution in [2.45, 2.75) is 38.4 Å². The Balaban J connectivity index is 1.40. The van der Waals surface area contributed by atoms with E-state index in [0.29, 0.717) is 35.3 Å². The van der Waals surface area contributed by atoms with Crippen LogP contribution in [0.15, 0.2) is 42.5 Å². The number of thioether (sulfide) groups is 1. The van der Waals surface area contributed by atoms with E-state index in [1.54, 1.807) is 0 Å². The third kappa shape index (κ3) is 4.93. The lowest BCUT2D eigenvalue weighted by Crippen LogP contribution is -2.38. The molecule has 1 saturated heterocycles. The lowest BCUT2D eigenvalue weighted by atomic mass is 9.99. The molecule has 4 nitrogen and oxygen atoms in total. The molecular weight excluding hydrogens is 389 g/mol. The molecule has 2 aromatic rings. The highest BCUT2D eigenvalue weighted by atomic mass is 32.2. The maximum absolute atomic E-state index is 14.1. The quantitative estimate of drug-likeness (QED) is 0.694. The van der Waals surface area contributed by atoms with Crippen LogP contribution in [0.3, 0.4) is 0 Å². The van der Waals surface area contributed by atoms with Gasteiger partial charge in [0.1, 0.15) is 11.6 Å². The zero-order chi connectivity index (χ0) is 20.2. The van der Waals surface area contributed by atoms with Crippen LogP contribution in [0.1, 0.15) is 42.7 Å². The number of rotatable bonds is 5. The van der Waals surface area contributed by atoms with E-state index in [0.717, 1.165) is 37.1 Å². The lowest BCUT2D eigenvalue weighted by Gasteiger charge is -2.30. The van der Waals surface area contributed by atoms with Crippen molar-refractivity contribution in [2.75, 3.05) is 18.8 Å². The molecule has 1 atom stereocenters. The number of likely N-dealkylation sites (tertiary alicyclic amines) is 1. The summed E-state index contributed by atoms with van der Waals surface area (Å²) >= 11 is 1.51. The van der Waals surface area contributed by atoms with Crippen LogP contribution >= 0.6 is 11.8 Å². The summed E-state index contributed by atoms with van der Waals surface area (Å²) in [6.45, 7) is 4.22. The van der Waals surface area contributed by atoms with Gasteiger partial charge in [0.15, 0.2) is 0 Å². The van der Waals surface area contributed by atoms with Crippen LogP contribution in [0.25, 0.3) is 0 Å². The fourth-order valence-electron chi connectivity index (χ4n) is 3.76. The van der Waals surface area contributed by atoms with Gasteiger partial charge in [-0.15, -0.1) is 11.8 Å². The number of hydrogen-bond acceptors (Lipinski definition) is 4. The first-order valence-electron chi connectivity index (χ1n) is 10.1. The number of ether oxygens (including phenoxy) is 2. The molecule has 1 fully saturated rings. The molecule has 0 bridgehead atoms. The molecule has 0 radical (unpaired) electrons. The number of carbonyl (C=O) groups is 1. The van der Waals surface area contributed by atoms with Crippen molar-refractivity contribution < 1.29 is 18.7 Å². The highest BCUT2D eigenvalue weighted by molar-refractivity contribution is 7.99. The van der Waals surface area contributed by atoms with Gasteiger partial charge in [0, 0.05) is 35.5 Å². The number of piperidine rings is 1. The van der Waals surface area contributed by atoms with Crippen molar-refractivity contribution in [3.63, 3.8) is 0 Å². The van der Waals surface area contributed by atoms with Crippen LogP contribution in [0.2, 0.25) is 0 Å². The van der Waals surface area contributed by atoms with Crippen LogP contribution < -0.4 is 4.74 Å². The van der Waals surface area contributed by atoms with E-state index in [4.69, 9.17) is 9.47 Å². The average Bonchev–Trinajstić information content (AvgIpc) is 2.74. The Bertz CT molecular complexity index is 853. The number of hydrogen-bond donors (Lipinski definition) is 0. The van der Waals surface area contributed by atoms with Gasteiger partial charge in [0.2, 0.25) is 12.2 Å². The monoisotopic (exact) mass is 415 g/mol. The molecule has 2 heterocycles. The number of nitrogens with zero attached hydrogens (tertiary/aromatic N) is 1. The largest absolute Gasteiger partial charge is 0.460 e. The third-order valence-corrected chi connectivity index (χ3v) is 6.48. The fraction of sp³-hybridized carbons (Fsp3) is 0.435. The highest BCUT2D eigenvalue weighted by Crippen LogP contribution is 2.38. The molecule has 2 aliphatic heterocycles. The zero-order valence-corrected chi connectivity index (χ0v) is 17.4. The summed E-state index contributed by atoms with van der Waals surface area (Å²) in [6.07, 6.45) is 1.64. The standard InChI is InChI=1S/C23H26FNO3S/c1-16-7-9-25(10-8-16)21(26)15-29-14-19-12-20(24)11-18-13-27-23(28-22(18)19)17-5-3-2-4-6-17/h2-6,11-12,16,23H,7-10,13-15H2,1H3/t23-/m1/s1. The maximum atomic E-state index is 14.1. The first-order chi connectivity index (χ1) is 14.1. The summed E-state index contributed by atoms with van der Waals surface area (Å²) in [4.78, 5) is 14.4. The van der Waals surface area contributed by atoms with Crippen LogP contribution in [0.5, 0.6) is 5.75 Å². The normalized spacial score (nSPS) is 19.5. The molecule has 4 rings (SSSR count). The lowest BCUT2D eigenvalue weighted by molar-refractivity contribution is -0.129. The van der Waals surface area contributed by atoms with E-state index in [9.17, 15) is 9.18 Å². The molecule has 0 spiro atoms. The molecule has 154 valence electrons. The van der Waals surface area contributed by atoms with Crippen LogP contribution in [0.4, 0.5) is 4.39 Å². The van der Waals surface area contributed by atoms with E-state index in [1.165, 1.54) is 23.9 Å². The van der Waals surface area contributed by atoms with Gasteiger partial charge >= 0.3 is 0 Å². The van der Waals surface area contributed by atoms with Crippen molar-refractivity contribution in [3.05, 3.63) is 65.0 Å². The van der Waals surface area contributed by atoms with E-state index in [1.807, 2.05) is 35.2 Å². The Morgan fingerprint density at radius 3 is 2.72 bits per heavy atom. The molecule has 6 heteroatoms. The number of carbonyl (C=O) groups excluding carboxylic acids is 1. The maximum Gasteiger partial charge on any atom is 0.232 e. The van der Waals surface area contributed by atoms with Crippen LogP contribution in [-0.2, 0) is 21.9 Å². The summed E-state index contributed by atoms with van der Waals surface area (Å²) in [5.41, 5.74) is 2.41. The van der Waals surface area contributed by atoms with Gasteiger partial charge in [0.05, 0.1) is 12.4 Å². The molecule has 0 aliphatic carbocycles. The first-order valence-corrected chi connectivity index (χ1v) is 11.3. The Morgan fingerprint density at radius 1 is 1.21 bits per heavy atom. The summed E-state index contributed by atoms with van der Waals surface area (Å²) in [5.74, 6) is 2.16. The van der Waals surface area contributed by atoms with Gasteiger partial charge in [0.25, 0.3) is 0 Å². The first kappa shape index (κ1) is 20.2. The van der Waals surface area contributed by atoms with Crippen molar-refractivity contribution in [1.29, 1.82) is 0 Å². The van der Waals surface area contributed by atoms with E-state index >= 15 is 0 Å². The van der Waals surface area contributed by atoms with Gasteiger partial charge in [-0.3, -0.25) is 4.79 Å². The summed E-state index contributed by atoms with van der Waals surface area (Å²) in [5, 5.41) is 0. The Hall–Kier alpha value is -2.05. The average molecular weight is 416 g/mol. The second kappa shape index (κ2) is 9.18. The minimum Gasteiger partial charge on any atom is -0.460 e. The fourth-order valence-corrected chi connectivity index (χ4v) is 4.65. The summed E-state index contributed by atoms with van der Waals surface area (Å²) in [6, 6.07) is 12.7. The molecule has 2 aliphatic rings. The minimum absolute atomic E-state index is 0.165. The van der Waals surface area contributed by atoms with E-state index in [2.05, 4.69) is 6.92 Å². The molecular formula is C23H26FNO3S. The highest BCUT2D eigenvalue weighted by Gasteiger charge is 2.25. The molecule has 1 amide bonds. The molecule has 0 aromatic heterocycles. The Labute approximate surface area is 175 Å². The molecule has 29 heavy (non-hydrogen) atoms. The van der Waals surface area contributed by atoms with E-state index < -0.39 is 6.29 Å². The number of amides is 1. The second-order valence-electron chi connectivity index (χ2n) is 7.78. The smallest absolute Gasteiger partial charge is 0.232 e. The van der Waals surface area contributed by atoms with Crippen molar-refractivity contribution in [1.82, 2.24) is 4.90 Å². The van der Waals surface area contributed by atoms with Crippen molar-refractivity contribution in [2.24, 2.45) is 5.92 Å². The number of fused-ring (bicyclic) bond motifs is 1. The Morgan fingerprint density at radius 2 is 1.97 bits per heavy atom. The SMILES string of the molecule is CC1CCN(C(=O)CSCc2cc(F)cc3c2O[C@H](c2ccccc2)OC3)CC1. The van der Waals surface area contributed by atoms with Gasteiger partial charge in [-0.2, -0.15) is 0 Å². The third-order valence-electron chi connectivity index (χ3n) is 5.51. The van der Waals surface area contributed by atoms with Gasteiger partial charge in [-0.05, 0) is 30.9 Å². The molecule has 2 aromatic carbocycles. The van der Waals surface area contributed by atoms with Crippen molar-refractivity contribution in [3.8, 4) is 5.75 Å². The molecule has 0 saturated carbocycles. The summed E-state index contributed by atoms with van der Waals surface area (Å²) < 4.78 is 26.0. The minimum atomic E-state index is -0.505. The predicted molar refractivity (Wildman–Crippen MR) is 112 cm³/mol. The van der Waals surface area contributed by atoms with Gasteiger partial charge in [-0.25, -0.2) is 4.39 Å². The number of benzene rings is 2. The number of halogens is 1. The van der Waals surface area contributed by atoms with Crippen LogP contribution in [-0.4, -0.2) is 29.6 Å². The predicted octanol–water partition coefficient (Wildman–Crippen LogP) is 4.93. The molecule has 0 N–H and O–H groups in total.